The summed E-state index contributed by atoms with van der Waals surface area (Å²) in [5.74, 6) is -2.04. The fourth-order valence-electron chi connectivity index (χ4n) is 3.91. The molecule has 0 saturated carbocycles. The summed E-state index contributed by atoms with van der Waals surface area (Å²) >= 11 is 0. The van der Waals surface area contributed by atoms with E-state index in [4.69, 9.17) is 9.84 Å². The minimum atomic E-state index is -1.69. The van der Waals surface area contributed by atoms with Crippen LogP contribution in [0.1, 0.15) is 33.1 Å². The Morgan fingerprint density at radius 1 is 0.971 bits per heavy atom. The Morgan fingerprint density at radius 3 is 2.26 bits per heavy atom. The number of rotatable bonds is 8. The van der Waals surface area contributed by atoms with Gasteiger partial charge in [-0.25, -0.2) is 9.59 Å². The number of ether oxygens (including phenoxy) is 1. The topological polar surface area (TPSA) is 138 Å². The predicted octanol–water partition coefficient (Wildman–Crippen LogP) is 2.30. The van der Waals surface area contributed by atoms with Gasteiger partial charge in [0.15, 0.2) is 6.10 Å². The van der Waals surface area contributed by atoms with Gasteiger partial charge in [-0.05, 0) is 34.4 Å². The Bertz CT molecular complexity index is 1180. The maximum atomic E-state index is 12.3. The molecule has 9 nitrogen and oxygen atoms in total. The number of benzene rings is 2. The van der Waals surface area contributed by atoms with E-state index in [2.05, 4.69) is 27.8 Å². The number of hydrogen-bond acceptors (Lipinski definition) is 6. The standard InChI is InChI=1S/C25H23N3O6/c29-22(24(31)32)13-27-23(30)15-9-10-26-16(11-15)12-28-25(33)34-14-21-19-7-3-1-5-17(19)18-6-2-4-8-20(18)21/h1-11,21-22,29H,12-14H2,(H,27,30)(H,28,33)(H,31,32)/t22-/m0/s1. The molecule has 1 atom stereocenters. The van der Waals surface area contributed by atoms with E-state index in [-0.39, 0.29) is 24.6 Å². The molecule has 0 unspecified atom stereocenters. The number of nitrogens with one attached hydrogen (secondary N) is 2. The lowest BCUT2D eigenvalue weighted by molar-refractivity contribution is -0.146. The van der Waals surface area contributed by atoms with Gasteiger partial charge in [0.1, 0.15) is 6.61 Å². The van der Waals surface area contributed by atoms with Crippen molar-refractivity contribution in [3.63, 3.8) is 0 Å². The van der Waals surface area contributed by atoms with Gasteiger partial charge in [0, 0.05) is 17.7 Å². The first kappa shape index (κ1) is 22.9. The molecule has 3 aromatic rings. The highest BCUT2D eigenvalue weighted by Gasteiger charge is 2.29. The summed E-state index contributed by atoms with van der Waals surface area (Å²) in [6.07, 6.45) is -0.902. The molecule has 9 heteroatoms. The number of hydrogen-bond donors (Lipinski definition) is 4. The largest absolute Gasteiger partial charge is 0.479 e. The summed E-state index contributed by atoms with van der Waals surface area (Å²) < 4.78 is 5.49. The lowest BCUT2D eigenvalue weighted by Gasteiger charge is -2.14. The van der Waals surface area contributed by atoms with Gasteiger partial charge in [0.25, 0.3) is 5.91 Å². The van der Waals surface area contributed by atoms with E-state index in [1.54, 1.807) is 0 Å². The molecular weight excluding hydrogens is 438 g/mol. The number of fused-ring (bicyclic) bond motifs is 3. The van der Waals surface area contributed by atoms with Crippen LogP contribution >= 0.6 is 0 Å². The molecule has 1 aromatic heterocycles. The molecule has 0 bridgehead atoms. The maximum absolute atomic E-state index is 12.3. The van der Waals surface area contributed by atoms with Gasteiger partial charge in [-0.1, -0.05) is 48.5 Å². The van der Waals surface area contributed by atoms with Crippen molar-refractivity contribution in [3.8, 4) is 11.1 Å². The maximum Gasteiger partial charge on any atom is 0.407 e. The van der Waals surface area contributed by atoms with Crippen LogP contribution in [-0.4, -0.2) is 52.4 Å². The summed E-state index contributed by atoms with van der Waals surface area (Å²) in [6.45, 7) is -0.207. The van der Waals surface area contributed by atoms with E-state index in [0.29, 0.717) is 5.69 Å². The zero-order chi connectivity index (χ0) is 24.1. The Morgan fingerprint density at radius 2 is 1.62 bits per heavy atom. The zero-order valence-corrected chi connectivity index (χ0v) is 18.1. The van der Waals surface area contributed by atoms with Crippen molar-refractivity contribution in [3.05, 3.63) is 89.2 Å². The second-order valence-electron chi connectivity index (χ2n) is 7.78. The number of nitrogens with zero attached hydrogens (tertiary/aromatic N) is 1. The fourth-order valence-corrected chi connectivity index (χ4v) is 3.91. The lowest BCUT2D eigenvalue weighted by Crippen LogP contribution is -2.36. The van der Waals surface area contributed by atoms with E-state index in [1.807, 2.05) is 36.4 Å². The quantitative estimate of drug-likeness (QED) is 0.404. The van der Waals surface area contributed by atoms with Crippen LogP contribution < -0.4 is 10.6 Å². The minimum absolute atomic E-state index is 0.0372. The first-order chi connectivity index (χ1) is 16.4. The summed E-state index contributed by atoms with van der Waals surface area (Å²) in [7, 11) is 0. The van der Waals surface area contributed by atoms with Crippen LogP contribution in [0.25, 0.3) is 11.1 Å². The second kappa shape index (κ2) is 10.1. The van der Waals surface area contributed by atoms with E-state index in [1.165, 1.54) is 18.3 Å². The smallest absolute Gasteiger partial charge is 0.407 e. The summed E-state index contributed by atoms with van der Waals surface area (Å²) in [6, 6.07) is 19.0. The number of carboxylic acid groups (broad SMARTS) is 1. The summed E-state index contributed by atoms with van der Waals surface area (Å²) in [5.41, 5.74) is 5.15. The molecule has 0 radical (unpaired) electrons. The third kappa shape index (κ3) is 5.05. The molecule has 4 N–H and O–H groups in total. The number of carboxylic acids is 1. The van der Waals surface area contributed by atoms with Crippen molar-refractivity contribution >= 4 is 18.0 Å². The number of aliphatic hydroxyl groups is 1. The highest BCUT2D eigenvalue weighted by Crippen LogP contribution is 2.44. The van der Waals surface area contributed by atoms with Crippen molar-refractivity contribution < 1.29 is 29.3 Å². The van der Waals surface area contributed by atoms with Crippen LogP contribution in [0.5, 0.6) is 0 Å². The molecule has 0 saturated heterocycles. The molecule has 174 valence electrons. The lowest BCUT2D eigenvalue weighted by atomic mass is 9.98. The van der Waals surface area contributed by atoms with E-state index in [9.17, 15) is 19.5 Å². The monoisotopic (exact) mass is 461 g/mol. The van der Waals surface area contributed by atoms with Crippen LogP contribution in [0.3, 0.4) is 0 Å². The molecule has 2 amide bonds. The zero-order valence-electron chi connectivity index (χ0n) is 18.1. The van der Waals surface area contributed by atoms with Crippen LogP contribution in [0.4, 0.5) is 4.79 Å². The first-order valence-electron chi connectivity index (χ1n) is 10.7. The SMILES string of the molecule is O=C(NCc1cc(C(=O)NC[C@H](O)C(=O)O)ccn1)OCC1c2ccccc2-c2ccccc21. The number of carbonyl (C=O) groups is 3. The van der Waals surface area contributed by atoms with Crippen LogP contribution in [-0.2, 0) is 16.1 Å². The van der Waals surface area contributed by atoms with Crippen LogP contribution in [0.15, 0.2) is 66.9 Å². The number of aromatic nitrogens is 1. The van der Waals surface area contributed by atoms with Crippen molar-refractivity contribution in [2.75, 3.05) is 13.2 Å². The molecule has 0 aliphatic heterocycles. The van der Waals surface area contributed by atoms with E-state index < -0.39 is 30.6 Å². The average molecular weight is 461 g/mol. The molecule has 4 rings (SSSR count). The Balaban J connectivity index is 1.32. The number of amides is 2. The number of aliphatic hydroxyl groups excluding tert-OH is 1. The van der Waals surface area contributed by atoms with Gasteiger partial charge in [0.2, 0.25) is 0 Å². The molecule has 1 aliphatic rings. The van der Waals surface area contributed by atoms with Crippen molar-refractivity contribution in [2.24, 2.45) is 0 Å². The van der Waals surface area contributed by atoms with E-state index in [0.717, 1.165) is 22.3 Å². The molecule has 1 heterocycles. The van der Waals surface area contributed by atoms with Crippen molar-refractivity contribution in [2.45, 2.75) is 18.6 Å². The minimum Gasteiger partial charge on any atom is -0.479 e. The Kier molecular flexibility index (Phi) is 6.84. The highest BCUT2D eigenvalue weighted by atomic mass is 16.5. The van der Waals surface area contributed by atoms with Crippen molar-refractivity contribution in [1.82, 2.24) is 15.6 Å². The number of alkyl carbamates (subject to hydrolysis) is 1. The highest BCUT2D eigenvalue weighted by molar-refractivity contribution is 5.94. The third-order valence-electron chi connectivity index (χ3n) is 5.58. The summed E-state index contributed by atoms with van der Waals surface area (Å²) in [5, 5.41) is 22.9. The van der Waals surface area contributed by atoms with Crippen LogP contribution in [0.2, 0.25) is 0 Å². The number of pyridine rings is 1. The molecule has 2 aromatic carbocycles. The number of carbonyl (C=O) groups excluding carboxylic acids is 2. The van der Waals surface area contributed by atoms with Gasteiger partial charge in [0.05, 0.1) is 18.8 Å². The van der Waals surface area contributed by atoms with Crippen molar-refractivity contribution in [1.29, 1.82) is 0 Å². The Labute approximate surface area is 195 Å². The number of aliphatic carboxylic acids is 1. The first-order valence-corrected chi connectivity index (χ1v) is 10.7. The molecular formula is C25H23N3O6. The Hall–Kier alpha value is -4.24. The normalized spacial score (nSPS) is 12.9. The fraction of sp³-hybridized carbons (Fsp3) is 0.200. The van der Waals surface area contributed by atoms with Gasteiger partial charge >= 0.3 is 12.1 Å². The van der Waals surface area contributed by atoms with E-state index >= 15 is 0 Å². The van der Waals surface area contributed by atoms with Gasteiger partial charge in [-0.15, -0.1) is 0 Å². The van der Waals surface area contributed by atoms with Crippen LogP contribution in [0, 0.1) is 0 Å². The molecule has 1 aliphatic carbocycles. The van der Waals surface area contributed by atoms with Gasteiger partial charge < -0.3 is 25.6 Å². The predicted molar refractivity (Wildman–Crippen MR) is 122 cm³/mol. The third-order valence-corrected chi connectivity index (χ3v) is 5.58. The average Bonchev–Trinajstić information content (AvgIpc) is 3.18. The van der Waals surface area contributed by atoms with Gasteiger partial charge in [-0.2, -0.15) is 0 Å². The summed E-state index contributed by atoms with van der Waals surface area (Å²) in [4.78, 5) is 39.3. The van der Waals surface area contributed by atoms with Gasteiger partial charge in [-0.3, -0.25) is 9.78 Å². The molecule has 0 fully saturated rings. The second-order valence-corrected chi connectivity index (χ2v) is 7.78. The molecule has 0 spiro atoms. The molecule has 34 heavy (non-hydrogen) atoms.